The maximum absolute atomic E-state index is 10.00. The molecule has 0 saturated carbocycles. The molecule has 2 aromatic heterocycles. The van der Waals surface area contributed by atoms with E-state index in [0.717, 1.165) is 63.9 Å². The van der Waals surface area contributed by atoms with E-state index in [-0.39, 0.29) is 5.75 Å². The fourth-order valence-electron chi connectivity index (χ4n) is 5.88. The molecule has 0 saturated heterocycles. The van der Waals surface area contributed by atoms with E-state index in [1.54, 1.807) is 25.6 Å². The molecule has 40 heavy (non-hydrogen) atoms. The molecule has 0 aliphatic rings. The number of phenolic OH excluding ortho intramolecular Hbond substituents is 1. The Kier molecular flexibility index (Phi) is 7.11. The molecule has 0 aliphatic heterocycles. The predicted molar refractivity (Wildman–Crippen MR) is 162 cm³/mol. The highest BCUT2D eigenvalue weighted by atomic mass is 16.5. The van der Waals surface area contributed by atoms with Gasteiger partial charge >= 0.3 is 0 Å². The molecule has 0 radical (unpaired) electrons. The molecule has 3 N–H and O–H groups in total. The summed E-state index contributed by atoms with van der Waals surface area (Å²) in [5, 5.41) is 11.1. The van der Waals surface area contributed by atoms with Crippen molar-refractivity contribution in [1.29, 1.82) is 0 Å². The van der Waals surface area contributed by atoms with Gasteiger partial charge in [0.05, 0.1) is 25.3 Å². The fourth-order valence-corrected chi connectivity index (χ4v) is 5.88. The second-order valence-corrected chi connectivity index (χ2v) is 10.2. The molecule has 5 heteroatoms. The number of nitrogens with zero attached hydrogens (tertiary/aromatic N) is 1. The van der Waals surface area contributed by atoms with Gasteiger partial charge in [0.15, 0.2) is 0 Å². The monoisotopic (exact) mass is 527 g/mol. The summed E-state index contributed by atoms with van der Waals surface area (Å²) in [6, 6.07) is 26.6. The van der Waals surface area contributed by atoms with Crippen LogP contribution in [0.5, 0.6) is 11.5 Å². The minimum absolute atomic E-state index is 0.267. The number of nitrogens with one attached hydrogen (secondary N) is 2. The van der Waals surface area contributed by atoms with Gasteiger partial charge in [-0.25, -0.2) is 4.98 Å². The molecule has 200 valence electrons. The first-order chi connectivity index (χ1) is 19.7. The Balaban J connectivity index is 1.73. The van der Waals surface area contributed by atoms with Gasteiger partial charge in [0.1, 0.15) is 11.5 Å². The Bertz CT molecular complexity index is 1730. The van der Waals surface area contributed by atoms with Crippen molar-refractivity contribution >= 4 is 10.9 Å². The van der Waals surface area contributed by atoms with Crippen LogP contribution in [0.2, 0.25) is 0 Å². The predicted octanol–water partition coefficient (Wildman–Crippen LogP) is 8.07. The van der Waals surface area contributed by atoms with Crippen molar-refractivity contribution in [1.82, 2.24) is 15.0 Å². The molecule has 0 amide bonds. The minimum atomic E-state index is 0.267. The molecule has 0 unspecified atom stereocenters. The van der Waals surface area contributed by atoms with Crippen molar-refractivity contribution in [2.45, 2.75) is 32.6 Å². The summed E-state index contributed by atoms with van der Waals surface area (Å²) >= 11 is 0. The second-order valence-electron chi connectivity index (χ2n) is 10.2. The summed E-state index contributed by atoms with van der Waals surface area (Å²) in [6.07, 6.45) is 9.11. The first-order valence-corrected chi connectivity index (χ1v) is 13.8. The van der Waals surface area contributed by atoms with Crippen LogP contribution in [0.3, 0.4) is 0 Å². The topological polar surface area (TPSA) is 73.9 Å². The quantitative estimate of drug-likeness (QED) is 0.178. The smallest absolute Gasteiger partial charge is 0.130 e. The zero-order chi connectivity index (χ0) is 27.5. The molecule has 0 aliphatic carbocycles. The van der Waals surface area contributed by atoms with Crippen LogP contribution in [-0.2, 0) is 19.3 Å². The SMILES string of the molecule is CCCc1c(Cc2ccccc2)c(Cc2ccc(O)cc2)c(-c2cnc[nH]2)c(-c2c[nH]c3ccccc23)c1OC. The lowest BCUT2D eigenvalue weighted by molar-refractivity contribution is 0.410. The second kappa shape index (κ2) is 11.1. The molecule has 0 bridgehead atoms. The summed E-state index contributed by atoms with van der Waals surface area (Å²) < 4.78 is 6.36. The molecule has 0 fully saturated rings. The van der Waals surface area contributed by atoms with E-state index >= 15 is 0 Å². The van der Waals surface area contributed by atoms with E-state index in [0.29, 0.717) is 6.42 Å². The molecule has 6 rings (SSSR count). The zero-order valence-electron chi connectivity index (χ0n) is 22.9. The number of hydrogen-bond donors (Lipinski definition) is 3. The number of para-hydroxylation sites is 1. The Hall–Kier alpha value is -4.77. The van der Waals surface area contributed by atoms with Gasteiger partial charge in [0.25, 0.3) is 0 Å². The lowest BCUT2D eigenvalue weighted by atomic mass is 9.80. The third kappa shape index (κ3) is 4.75. The van der Waals surface area contributed by atoms with Crippen LogP contribution in [-0.4, -0.2) is 27.2 Å². The number of methoxy groups -OCH3 is 1. The molecule has 0 spiro atoms. The van der Waals surface area contributed by atoms with Gasteiger partial charge in [-0.15, -0.1) is 0 Å². The van der Waals surface area contributed by atoms with Crippen molar-refractivity contribution in [3.63, 3.8) is 0 Å². The zero-order valence-corrected chi connectivity index (χ0v) is 22.9. The average Bonchev–Trinajstić information content (AvgIpc) is 3.67. The number of aromatic amines is 2. The van der Waals surface area contributed by atoms with Crippen LogP contribution >= 0.6 is 0 Å². The summed E-state index contributed by atoms with van der Waals surface area (Å²) in [6.45, 7) is 2.22. The number of phenols is 1. The summed E-state index contributed by atoms with van der Waals surface area (Å²) in [5.41, 5.74) is 11.4. The van der Waals surface area contributed by atoms with Crippen molar-refractivity contribution in [2.24, 2.45) is 0 Å². The standard InChI is InChI=1S/C35H33N3O2/c1-3-9-27-28(18-23-10-5-4-6-11-23)29(19-24-14-16-25(39)17-15-24)33(32-21-36-22-38-32)34(35(27)40-2)30-20-37-31-13-8-7-12-26(30)31/h4-8,10-17,20-22,37,39H,3,9,18-19H2,1-2H3,(H,36,38). The van der Waals surface area contributed by atoms with Crippen LogP contribution in [0.25, 0.3) is 33.3 Å². The summed E-state index contributed by atoms with van der Waals surface area (Å²) in [5.74, 6) is 1.18. The van der Waals surface area contributed by atoms with Gasteiger partial charge in [-0.2, -0.15) is 0 Å². The van der Waals surface area contributed by atoms with Crippen LogP contribution < -0.4 is 4.74 Å². The number of benzene rings is 4. The van der Waals surface area contributed by atoms with Gasteiger partial charge < -0.3 is 19.8 Å². The Labute approximate surface area is 234 Å². The van der Waals surface area contributed by atoms with E-state index in [2.05, 4.69) is 82.7 Å². The van der Waals surface area contributed by atoms with Crippen molar-refractivity contribution in [3.8, 4) is 33.9 Å². The largest absolute Gasteiger partial charge is 0.508 e. The number of hydrogen-bond acceptors (Lipinski definition) is 3. The van der Waals surface area contributed by atoms with E-state index in [1.165, 1.54) is 22.3 Å². The van der Waals surface area contributed by atoms with Crippen LogP contribution in [0.4, 0.5) is 0 Å². The van der Waals surface area contributed by atoms with Gasteiger partial charge in [0.2, 0.25) is 0 Å². The molecule has 6 aromatic rings. The molecular formula is C35H33N3O2. The summed E-state index contributed by atoms with van der Waals surface area (Å²) in [7, 11) is 1.79. The third-order valence-corrected chi connectivity index (χ3v) is 7.65. The van der Waals surface area contributed by atoms with Crippen molar-refractivity contribution in [2.75, 3.05) is 7.11 Å². The number of aromatic hydroxyl groups is 1. The van der Waals surface area contributed by atoms with E-state index < -0.39 is 0 Å². The lowest BCUT2D eigenvalue weighted by Crippen LogP contribution is -2.10. The summed E-state index contributed by atoms with van der Waals surface area (Å²) in [4.78, 5) is 11.3. The van der Waals surface area contributed by atoms with Crippen LogP contribution in [0, 0.1) is 0 Å². The fraction of sp³-hybridized carbons (Fsp3) is 0.171. The highest BCUT2D eigenvalue weighted by molar-refractivity contribution is 6.03. The maximum atomic E-state index is 10.00. The van der Waals surface area contributed by atoms with Crippen LogP contribution in [0.1, 0.15) is 41.2 Å². The minimum Gasteiger partial charge on any atom is -0.508 e. The van der Waals surface area contributed by atoms with Gasteiger partial charge in [-0.3, -0.25) is 0 Å². The first-order valence-electron chi connectivity index (χ1n) is 13.8. The Morgan fingerprint density at radius 1 is 0.775 bits per heavy atom. The number of imidazole rings is 1. The van der Waals surface area contributed by atoms with Gasteiger partial charge in [-0.1, -0.05) is 74.0 Å². The van der Waals surface area contributed by atoms with E-state index in [9.17, 15) is 5.11 Å². The number of aromatic nitrogens is 3. The van der Waals surface area contributed by atoms with Gasteiger partial charge in [-0.05, 0) is 65.3 Å². The molecule has 2 heterocycles. The molecule has 4 aromatic carbocycles. The van der Waals surface area contributed by atoms with Crippen molar-refractivity contribution in [3.05, 3.63) is 125 Å². The Morgan fingerprint density at radius 3 is 2.23 bits per heavy atom. The highest BCUT2D eigenvalue weighted by Gasteiger charge is 2.28. The lowest BCUT2D eigenvalue weighted by Gasteiger charge is -2.26. The van der Waals surface area contributed by atoms with E-state index in [1.807, 2.05) is 18.3 Å². The number of H-pyrrole nitrogens is 2. The van der Waals surface area contributed by atoms with Gasteiger partial charge in [0, 0.05) is 33.8 Å². The Morgan fingerprint density at radius 2 is 1.50 bits per heavy atom. The van der Waals surface area contributed by atoms with Crippen molar-refractivity contribution < 1.29 is 9.84 Å². The van der Waals surface area contributed by atoms with Crippen LogP contribution in [0.15, 0.2) is 97.6 Å². The number of fused-ring (bicyclic) bond motifs is 1. The first kappa shape index (κ1) is 25.5. The number of ether oxygens (including phenoxy) is 1. The molecule has 0 atom stereocenters. The normalized spacial score (nSPS) is 11.2. The molecule has 5 nitrogen and oxygen atoms in total. The number of rotatable bonds is 9. The van der Waals surface area contributed by atoms with E-state index in [4.69, 9.17) is 4.74 Å². The molecular weight excluding hydrogens is 494 g/mol. The average molecular weight is 528 g/mol. The highest BCUT2D eigenvalue weighted by Crippen LogP contribution is 2.49. The maximum Gasteiger partial charge on any atom is 0.130 e. The third-order valence-electron chi connectivity index (χ3n) is 7.65.